The van der Waals surface area contributed by atoms with Crippen molar-refractivity contribution in [2.45, 2.75) is 379 Å². The zero-order chi connectivity index (χ0) is 51.9. The van der Waals surface area contributed by atoms with Gasteiger partial charge in [-0.2, -0.15) is 0 Å². The molecule has 72 heavy (non-hydrogen) atoms. The van der Waals surface area contributed by atoms with Crippen LogP contribution in [0.15, 0.2) is 29.4 Å². The maximum absolute atomic E-state index is 2.35. The highest BCUT2D eigenvalue weighted by Gasteiger charge is 2.26. The molecule has 0 N–H and O–H groups in total. The molecule has 426 valence electrons. The van der Waals surface area contributed by atoms with Crippen LogP contribution in [0.5, 0.6) is 0 Å². The Labute approximate surface area is 480 Å². The molecule has 1 rings (SSSR count). The molecule has 0 aliphatic rings. The summed E-state index contributed by atoms with van der Waals surface area (Å²) in [5.41, 5.74) is 0. The summed E-state index contributed by atoms with van der Waals surface area (Å²) in [6, 6.07) is 0. The van der Waals surface area contributed by atoms with E-state index in [0.717, 1.165) is 0 Å². The molecule has 0 saturated carbocycles. The summed E-state index contributed by atoms with van der Waals surface area (Å²) in [6.07, 6.45) is 67.8. The lowest BCUT2D eigenvalue weighted by molar-refractivity contribution is 0.586. The Bertz CT molecular complexity index is 975. The fraction of sp³-hybridized carbons (Fsp3) is 0.909. The molecular formula is C66H126S6. The minimum atomic E-state index is 1.29. The van der Waals surface area contributed by atoms with Crippen LogP contribution in [0.4, 0.5) is 0 Å². The van der Waals surface area contributed by atoms with Crippen molar-refractivity contribution in [1.29, 1.82) is 0 Å². The number of hydrogen-bond acceptors (Lipinski definition) is 6. The highest BCUT2D eigenvalue weighted by Crippen LogP contribution is 2.55. The summed E-state index contributed by atoms with van der Waals surface area (Å²) in [6.45, 7) is 14.1. The quantitative estimate of drug-likeness (QED) is 0.0468. The third-order valence-electron chi connectivity index (χ3n) is 14.7. The maximum atomic E-state index is 2.35. The zero-order valence-electron chi connectivity index (χ0n) is 49.6. The molecule has 0 aliphatic carbocycles. The second kappa shape index (κ2) is 58.5. The summed E-state index contributed by atoms with van der Waals surface area (Å²) in [7, 11) is 0. The first kappa shape index (κ1) is 71.3. The van der Waals surface area contributed by atoms with Crippen LogP contribution < -0.4 is 0 Å². The van der Waals surface area contributed by atoms with Gasteiger partial charge in [-0.25, -0.2) is 0 Å². The summed E-state index contributed by atoms with van der Waals surface area (Å²) < 4.78 is 0. The Morgan fingerprint density at radius 1 is 0.139 bits per heavy atom. The molecule has 1 aromatic carbocycles. The topological polar surface area (TPSA) is 0 Å². The Balaban J connectivity index is 3.72. The van der Waals surface area contributed by atoms with Crippen molar-refractivity contribution >= 4 is 70.6 Å². The van der Waals surface area contributed by atoms with Crippen molar-refractivity contribution in [3.8, 4) is 0 Å². The van der Waals surface area contributed by atoms with E-state index in [1.807, 2.05) is 0 Å². The highest BCUT2D eigenvalue weighted by molar-refractivity contribution is 8.06. The van der Waals surface area contributed by atoms with Gasteiger partial charge >= 0.3 is 0 Å². The van der Waals surface area contributed by atoms with Crippen LogP contribution in [0.25, 0.3) is 0 Å². The van der Waals surface area contributed by atoms with Crippen molar-refractivity contribution in [3.05, 3.63) is 0 Å². The Morgan fingerprint density at radius 3 is 0.347 bits per heavy atom. The fourth-order valence-corrected chi connectivity index (χ4v) is 18.5. The molecule has 0 amide bonds. The standard InChI is InChI=1S/C66H126S6/c1-7-13-19-25-31-37-43-49-55-67-61-62(68-56-50-44-38-32-26-20-14-8-2)64(70-58-52-46-40-34-28-22-16-10-4)66(72-60-54-48-42-36-30-24-18-12-6)65(71-59-53-47-41-35-29-23-17-11-5)63(61)69-57-51-45-39-33-27-21-15-9-3/h7-60H2,1-6H3. The van der Waals surface area contributed by atoms with Gasteiger partial charge in [0.2, 0.25) is 0 Å². The van der Waals surface area contributed by atoms with Gasteiger partial charge in [0.1, 0.15) is 0 Å². The highest BCUT2D eigenvalue weighted by atomic mass is 32.2. The van der Waals surface area contributed by atoms with Crippen LogP contribution in [-0.4, -0.2) is 34.5 Å². The van der Waals surface area contributed by atoms with E-state index in [1.165, 1.54) is 343 Å². The molecule has 0 aromatic heterocycles. The van der Waals surface area contributed by atoms with Gasteiger partial charge in [0.15, 0.2) is 0 Å². The van der Waals surface area contributed by atoms with Crippen LogP contribution in [0.3, 0.4) is 0 Å². The largest absolute Gasteiger partial charge is 0.124 e. The smallest absolute Gasteiger partial charge is 0.0368 e. The average molecular weight is 1110 g/mol. The van der Waals surface area contributed by atoms with Gasteiger partial charge in [-0.05, 0) is 73.0 Å². The summed E-state index contributed by atoms with van der Waals surface area (Å²) >= 11 is 13.9. The molecule has 0 radical (unpaired) electrons. The van der Waals surface area contributed by atoms with E-state index in [4.69, 9.17) is 0 Å². The van der Waals surface area contributed by atoms with E-state index < -0.39 is 0 Å². The van der Waals surface area contributed by atoms with E-state index in [9.17, 15) is 0 Å². The third-order valence-corrected chi connectivity index (χ3v) is 22.6. The predicted octanol–water partition coefficient (Wildman–Crippen LogP) is 27.1. The second-order valence-electron chi connectivity index (χ2n) is 21.9. The summed E-state index contributed by atoms with van der Waals surface area (Å²) in [5, 5.41) is 0. The minimum absolute atomic E-state index is 1.29. The maximum Gasteiger partial charge on any atom is 0.0368 e. The molecule has 0 unspecified atom stereocenters. The van der Waals surface area contributed by atoms with Gasteiger partial charge in [0.25, 0.3) is 0 Å². The Hall–Kier alpha value is 1.32. The predicted molar refractivity (Wildman–Crippen MR) is 346 cm³/mol. The normalized spacial score (nSPS) is 11.8. The van der Waals surface area contributed by atoms with E-state index in [1.54, 1.807) is 29.4 Å². The van der Waals surface area contributed by atoms with E-state index in [-0.39, 0.29) is 0 Å². The SMILES string of the molecule is CCCCCCCCCCSc1c(SCCCCCCCCCC)c(SCCCCCCCCCC)c(SCCCCCCCCCC)c(SCCCCCCCCCC)c1SCCCCCCCCCC. The molecular weight excluding hydrogens is 985 g/mol. The van der Waals surface area contributed by atoms with Crippen molar-refractivity contribution in [3.63, 3.8) is 0 Å². The molecule has 0 aliphatic heterocycles. The lowest BCUT2D eigenvalue weighted by Gasteiger charge is -2.25. The lowest BCUT2D eigenvalue weighted by atomic mass is 10.1. The molecule has 0 bridgehead atoms. The van der Waals surface area contributed by atoms with Gasteiger partial charge in [-0.15, -0.1) is 70.6 Å². The number of hydrogen-bond donors (Lipinski definition) is 0. The first-order valence-corrected chi connectivity index (χ1v) is 38.6. The summed E-state index contributed by atoms with van der Waals surface area (Å²) in [4.78, 5) is 10.4. The van der Waals surface area contributed by atoms with Crippen LogP contribution in [0.1, 0.15) is 350 Å². The van der Waals surface area contributed by atoms with Gasteiger partial charge in [-0.1, -0.05) is 311 Å². The first-order chi connectivity index (χ1) is 35.7. The van der Waals surface area contributed by atoms with Gasteiger partial charge < -0.3 is 0 Å². The third kappa shape index (κ3) is 42.3. The van der Waals surface area contributed by atoms with E-state index in [0.29, 0.717) is 0 Å². The second-order valence-corrected chi connectivity index (χ2v) is 28.5. The van der Waals surface area contributed by atoms with Crippen LogP contribution in [0, 0.1) is 0 Å². The van der Waals surface area contributed by atoms with Crippen molar-refractivity contribution in [2.75, 3.05) is 34.5 Å². The Kier molecular flexibility index (Phi) is 57.9. The lowest BCUT2D eigenvalue weighted by Crippen LogP contribution is -2.01. The molecule has 0 nitrogen and oxygen atoms in total. The number of unbranched alkanes of at least 4 members (excludes halogenated alkanes) is 42. The summed E-state index contributed by atoms with van der Waals surface area (Å²) in [5.74, 6) is 7.75. The van der Waals surface area contributed by atoms with Crippen LogP contribution in [0.2, 0.25) is 0 Å². The van der Waals surface area contributed by atoms with E-state index >= 15 is 0 Å². The molecule has 0 spiro atoms. The zero-order valence-corrected chi connectivity index (χ0v) is 54.5. The average Bonchev–Trinajstić information content (AvgIpc) is 3.39. The number of benzene rings is 1. The van der Waals surface area contributed by atoms with Gasteiger partial charge in [-0.3, -0.25) is 0 Å². The molecule has 0 fully saturated rings. The molecule has 0 heterocycles. The molecule has 0 saturated heterocycles. The van der Waals surface area contributed by atoms with Crippen molar-refractivity contribution in [1.82, 2.24) is 0 Å². The van der Waals surface area contributed by atoms with E-state index in [2.05, 4.69) is 112 Å². The monoisotopic (exact) mass is 1110 g/mol. The van der Waals surface area contributed by atoms with Crippen molar-refractivity contribution < 1.29 is 0 Å². The van der Waals surface area contributed by atoms with Crippen molar-refractivity contribution in [2.24, 2.45) is 0 Å². The number of thioether (sulfide) groups is 6. The van der Waals surface area contributed by atoms with Crippen LogP contribution in [-0.2, 0) is 0 Å². The number of rotatable bonds is 60. The first-order valence-electron chi connectivity index (χ1n) is 32.7. The Morgan fingerprint density at radius 2 is 0.236 bits per heavy atom. The minimum Gasteiger partial charge on any atom is -0.124 e. The van der Waals surface area contributed by atoms with Gasteiger partial charge in [0.05, 0.1) is 0 Å². The molecule has 1 aromatic rings. The van der Waals surface area contributed by atoms with Gasteiger partial charge in [0, 0.05) is 29.4 Å². The van der Waals surface area contributed by atoms with Crippen LogP contribution >= 0.6 is 70.6 Å². The molecule has 6 heteroatoms. The molecule has 0 atom stereocenters. The fourth-order valence-electron chi connectivity index (χ4n) is 9.87.